The molecule has 0 unspecified atom stereocenters. The van der Waals surface area contributed by atoms with Gasteiger partial charge in [-0.1, -0.05) is 157 Å². The minimum Gasteiger partial charge on any atom is -0.507 e. The summed E-state index contributed by atoms with van der Waals surface area (Å²) in [6.07, 6.45) is 0. The Morgan fingerprint density at radius 3 is 1.11 bits per heavy atom. The Hall–Kier alpha value is -12.0. The molecule has 8 nitrogen and oxygen atoms in total. The highest BCUT2D eigenvalue weighted by molar-refractivity contribution is 5.99. The van der Waals surface area contributed by atoms with Crippen molar-refractivity contribution in [2.75, 3.05) is 0 Å². The molecule has 600 valence electrons. The van der Waals surface area contributed by atoms with E-state index in [9.17, 15) is 40.9 Å². The number of hydrogen-bond acceptors (Lipinski definition) is 8. The van der Waals surface area contributed by atoms with Gasteiger partial charge in [-0.05, 0) is 406 Å². The summed E-state index contributed by atoms with van der Waals surface area (Å²) in [6.45, 7) is 57.0. The van der Waals surface area contributed by atoms with Crippen LogP contribution in [-0.4, -0.2) is 40.9 Å². The van der Waals surface area contributed by atoms with Crippen molar-refractivity contribution in [1.82, 2.24) is 0 Å². The fourth-order valence-electron chi connectivity index (χ4n) is 15.6. The van der Waals surface area contributed by atoms with Crippen molar-refractivity contribution in [2.24, 2.45) is 0 Å². The average molecular weight is 1550 g/mol. The van der Waals surface area contributed by atoms with Gasteiger partial charge in [0.2, 0.25) is 0 Å². The first kappa shape index (κ1) is 88.0. The zero-order valence-electron chi connectivity index (χ0n) is 73.7. The van der Waals surface area contributed by atoms with Crippen LogP contribution in [0, 0.1) is 194 Å². The van der Waals surface area contributed by atoms with Crippen molar-refractivity contribution in [1.29, 1.82) is 0 Å². The first-order valence-electron chi connectivity index (χ1n) is 40.0. The highest BCUT2D eigenvalue weighted by atomic mass is 16.3. The molecule has 16 aromatic carbocycles. The minimum absolute atomic E-state index is 0.381. The third kappa shape index (κ3) is 18.7. The number of phenolic OH excluding ortho intramolecular Hbond substituents is 8. The molecule has 0 aromatic heterocycles. The summed E-state index contributed by atoms with van der Waals surface area (Å²) in [6, 6.07) is 57.5. The number of hydrogen-bond donors (Lipinski definition) is 8. The molecule has 0 atom stereocenters. The molecule has 0 bridgehead atoms. The number of aryl methyl sites for hydroxylation is 23. The zero-order valence-corrected chi connectivity index (χ0v) is 73.7. The normalized spacial score (nSPS) is 10.9. The molecule has 8 heteroatoms. The number of fused-ring (bicyclic) bond motifs is 8. The largest absolute Gasteiger partial charge is 0.507 e. The molecular weight excluding hydrogens is 1430 g/mol. The Balaban J connectivity index is 0.000000152. The second-order valence-electron chi connectivity index (χ2n) is 32.7. The van der Waals surface area contributed by atoms with E-state index in [0.717, 1.165) is 159 Å². The van der Waals surface area contributed by atoms with Crippen LogP contribution >= 0.6 is 0 Å². The van der Waals surface area contributed by atoms with E-state index >= 15 is 0 Å². The summed E-state index contributed by atoms with van der Waals surface area (Å²) < 4.78 is 0. The number of aromatic hydroxyl groups is 8. The predicted octanol–water partition coefficient (Wildman–Crippen LogP) is 29.0. The summed E-state index contributed by atoms with van der Waals surface area (Å²) in [7, 11) is 0. The Morgan fingerprint density at radius 1 is 0.147 bits per heavy atom. The monoisotopic (exact) mass is 1540 g/mol. The molecule has 16 rings (SSSR count). The van der Waals surface area contributed by atoms with Gasteiger partial charge in [0.1, 0.15) is 46.0 Å². The van der Waals surface area contributed by atoms with Crippen LogP contribution in [0.5, 0.6) is 46.0 Å². The summed E-state index contributed by atoms with van der Waals surface area (Å²) >= 11 is 0. The quantitative estimate of drug-likeness (QED) is 0.0744. The summed E-state index contributed by atoms with van der Waals surface area (Å²) in [5, 5.41) is 96.8. The lowest BCUT2D eigenvalue weighted by molar-refractivity contribution is 0.476. The van der Waals surface area contributed by atoms with Crippen molar-refractivity contribution >= 4 is 86.2 Å². The van der Waals surface area contributed by atoms with Gasteiger partial charge in [0.15, 0.2) is 0 Å². The molecule has 0 aliphatic carbocycles. The van der Waals surface area contributed by atoms with Gasteiger partial charge >= 0.3 is 0 Å². The van der Waals surface area contributed by atoms with Crippen LogP contribution in [0.25, 0.3) is 86.2 Å². The maximum absolute atomic E-state index is 10.1. The van der Waals surface area contributed by atoms with Gasteiger partial charge in [-0.2, -0.15) is 0 Å². The van der Waals surface area contributed by atoms with E-state index in [0.29, 0.717) is 46.0 Å². The van der Waals surface area contributed by atoms with Crippen molar-refractivity contribution in [2.45, 2.75) is 194 Å². The Labute approximate surface area is 688 Å². The number of rotatable bonds is 0. The molecule has 16 aromatic rings. The molecule has 0 radical (unpaired) electrons. The molecule has 0 spiro atoms. The van der Waals surface area contributed by atoms with Crippen LogP contribution in [0.2, 0.25) is 0 Å². The fraction of sp³-hybridized carbons (Fsp3) is 0.259. The average Bonchev–Trinajstić information content (AvgIpc) is 0.790. The molecule has 8 N–H and O–H groups in total. The van der Waals surface area contributed by atoms with Crippen LogP contribution in [-0.2, 0) is 0 Å². The molecule has 0 heterocycles. The van der Waals surface area contributed by atoms with Crippen LogP contribution in [0.4, 0.5) is 0 Å². The lowest BCUT2D eigenvalue weighted by Crippen LogP contribution is -1.90. The Bertz CT molecular complexity index is 6340. The van der Waals surface area contributed by atoms with Crippen molar-refractivity contribution in [3.63, 3.8) is 0 Å². The fourth-order valence-corrected chi connectivity index (χ4v) is 15.6. The number of phenols is 8. The van der Waals surface area contributed by atoms with Gasteiger partial charge in [-0.15, -0.1) is 0 Å². The molecule has 0 aliphatic rings. The minimum atomic E-state index is 0.381. The molecule has 0 amide bonds. The first-order chi connectivity index (χ1) is 54.4. The molecule has 0 saturated heterocycles. The third-order valence-corrected chi connectivity index (χ3v) is 24.0. The molecule has 0 aliphatic heterocycles. The summed E-state index contributed by atoms with van der Waals surface area (Å²) in [4.78, 5) is 0. The van der Waals surface area contributed by atoms with Gasteiger partial charge in [0.05, 0.1) is 0 Å². The highest BCUT2D eigenvalue weighted by Gasteiger charge is 2.16. The van der Waals surface area contributed by atoms with E-state index in [-0.39, 0.29) is 0 Å². The number of benzene rings is 16. The lowest BCUT2D eigenvalue weighted by atomic mass is 9.94. The van der Waals surface area contributed by atoms with Crippen LogP contribution < -0.4 is 0 Å². The van der Waals surface area contributed by atoms with Gasteiger partial charge in [-0.3, -0.25) is 0 Å². The third-order valence-electron chi connectivity index (χ3n) is 24.0. The van der Waals surface area contributed by atoms with Gasteiger partial charge in [0, 0.05) is 43.1 Å². The Morgan fingerprint density at radius 2 is 0.534 bits per heavy atom. The first-order valence-corrected chi connectivity index (χ1v) is 40.0. The highest BCUT2D eigenvalue weighted by Crippen LogP contribution is 2.41. The van der Waals surface area contributed by atoms with Crippen LogP contribution in [0.15, 0.2) is 170 Å². The Kier molecular flexibility index (Phi) is 27.5. The molecule has 116 heavy (non-hydrogen) atoms. The van der Waals surface area contributed by atoms with Gasteiger partial charge in [0.25, 0.3) is 0 Å². The van der Waals surface area contributed by atoms with Crippen molar-refractivity contribution in [3.8, 4) is 46.0 Å². The second-order valence-corrected chi connectivity index (χ2v) is 32.7. The molecule has 0 saturated carbocycles. The standard InChI is InChI=1S/4C14H16O.4C13H14O/c1-8-5-12-6-10(3)11(4)14(15)13(12)7-9(8)2;1-8-5-12-7-9(2)10(3)11(4)14(12)13(15)6-8;1-8-5-10(3)13-12(6-8)7-9(2)11(4)14(13)15;1-8-5-6-12-10(3)7-9(2)11(4)13(12)14(8)15;1-8-4-5-11-7-9(2)10(3)13(14)12(11)6-8;1-8-4-5-9(2)12-11(8)7-6-10(3)13(12)14;1-8-7-9(2)11-5-4-6-12(14)13(11)10(8)3;1-8-5-4-6-11-12(8)7-9(2)10(3)13(11)14/h4*5-7,15H,1-4H3;4*4-7,14H,1-3H3. The zero-order chi connectivity index (χ0) is 85.8. The smallest absolute Gasteiger partial charge is 0.126 e. The van der Waals surface area contributed by atoms with E-state index in [4.69, 9.17) is 0 Å². The van der Waals surface area contributed by atoms with Gasteiger partial charge in [-0.25, -0.2) is 0 Å². The van der Waals surface area contributed by atoms with E-state index in [1.54, 1.807) is 6.07 Å². The second kappa shape index (κ2) is 36.2. The van der Waals surface area contributed by atoms with Crippen LogP contribution in [0.3, 0.4) is 0 Å². The van der Waals surface area contributed by atoms with Gasteiger partial charge < -0.3 is 40.9 Å². The maximum Gasteiger partial charge on any atom is 0.126 e. The topological polar surface area (TPSA) is 162 Å². The van der Waals surface area contributed by atoms with E-state index < -0.39 is 0 Å². The van der Waals surface area contributed by atoms with E-state index in [2.05, 4.69) is 218 Å². The SMILES string of the molecule is Cc1cc(C)c2c(O)c(C)c(C)cc2c1.Cc1cc(C)c2ccc(C)c(O)c2c1C.Cc1cc(C)c2cccc(O)c2c1C.Cc1cc(O)c2c(C)c(C)c(C)cc2c1.Cc1cc2c(C)cccc2c(O)c1C.Cc1cc2cc(C)c(C)c(O)c2cc1C.Cc1ccc2c(C)ccc(C)c2c1O.Cc1ccc2cc(C)c(C)c(O)c2c1. The maximum atomic E-state index is 10.1. The van der Waals surface area contributed by atoms with Crippen LogP contribution in [0.1, 0.15) is 156 Å². The predicted molar refractivity (Wildman–Crippen MR) is 498 cm³/mol. The lowest BCUT2D eigenvalue weighted by Gasteiger charge is -2.12. The van der Waals surface area contributed by atoms with E-state index in [1.165, 1.54) is 83.5 Å². The summed E-state index contributed by atoms with van der Waals surface area (Å²) in [5.41, 5.74) is 32.0. The van der Waals surface area contributed by atoms with Crippen molar-refractivity contribution in [3.05, 3.63) is 326 Å². The molecular formula is C108H120O8. The van der Waals surface area contributed by atoms with Crippen molar-refractivity contribution < 1.29 is 40.9 Å². The molecule has 0 fully saturated rings. The summed E-state index contributed by atoms with van der Waals surface area (Å²) in [5.74, 6) is 3.32. The van der Waals surface area contributed by atoms with E-state index in [1.807, 2.05) is 139 Å².